The third-order valence-electron chi connectivity index (χ3n) is 3.68. The minimum absolute atomic E-state index is 0.129. The van der Waals surface area contributed by atoms with Gasteiger partial charge in [-0.1, -0.05) is 30.3 Å². The van der Waals surface area contributed by atoms with Crippen molar-refractivity contribution in [3.8, 4) is 0 Å². The standard InChI is InChI=1S/C17H19F2NO/c1-12-8-16(19)14(9-15(12)18)17(2,11-21)20-10-13-6-4-3-5-7-13/h3-9,20-21H,10-11H2,1-2H3. The Hall–Kier alpha value is -1.78. The maximum Gasteiger partial charge on any atom is 0.128 e. The molecule has 0 spiro atoms. The van der Waals surface area contributed by atoms with Crippen molar-refractivity contribution in [1.82, 2.24) is 5.32 Å². The highest BCUT2D eigenvalue weighted by Crippen LogP contribution is 2.26. The summed E-state index contributed by atoms with van der Waals surface area (Å²) in [5.74, 6) is -1.00. The van der Waals surface area contributed by atoms with Crippen LogP contribution in [0.25, 0.3) is 0 Å². The first-order valence-corrected chi connectivity index (χ1v) is 6.82. The Balaban J connectivity index is 2.26. The molecule has 2 N–H and O–H groups in total. The summed E-state index contributed by atoms with van der Waals surface area (Å²) in [5.41, 5.74) is 0.336. The monoisotopic (exact) mass is 291 g/mol. The zero-order valence-electron chi connectivity index (χ0n) is 12.2. The van der Waals surface area contributed by atoms with E-state index in [9.17, 15) is 13.9 Å². The fraction of sp³-hybridized carbons (Fsp3) is 0.294. The number of hydrogen-bond acceptors (Lipinski definition) is 2. The van der Waals surface area contributed by atoms with Gasteiger partial charge in [-0.15, -0.1) is 0 Å². The van der Waals surface area contributed by atoms with Crippen LogP contribution in [0.4, 0.5) is 8.78 Å². The number of aryl methyl sites for hydroxylation is 1. The predicted molar refractivity (Wildman–Crippen MR) is 78.8 cm³/mol. The van der Waals surface area contributed by atoms with Gasteiger partial charge in [-0.2, -0.15) is 0 Å². The molecule has 4 heteroatoms. The van der Waals surface area contributed by atoms with Gasteiger partial charge >= 0.3 is 0 Å². The molecule has 0 fully saturated rings. The van der Waals surface area contributed by atoms with Gasteiger partial charge in [0.15, 0.2) is 0 Å². The zero-order valence-corrected chi connectivity index (χ0v) is 12.2. The molecule has 0 aliphatic carbocycles. The number of benzene rings is 2. The van der Waals surface area contributed by atoms with E-state index in [1.807, 2.05) is 30.3 Å². The van der Waals surface area contributed by atoms with Crippen molar-refractivity contribution in [2.45, 2.75) is 25.9 Å². The summed E-state index contributed by atoms with van der Waals surface area (Å²) in [7, 11) is 0. The Bertz CT molecular complexity index is 616. The second-order valence-electron chi connectivity index (χ2n) is 5.41. The maximum atomic E-state index is 14.1. The molecule has 0 radical (unpaired) electrons. The number of aliphatic hydroxyl groups excluding tert-OH is 1. The molecule has 0 aliphatic rings. The number of nitrogens with one attached hydrogen (secondary N) is 1. The van der Waals surface area contributed by atoms with Crippen LogP contribution < -0.4 is 5.32 Å². The summed E-state index contributed by atoms with van der Waals surface area (Å²) in [6.45, 7) is 3.28. The first-order valence-electron chi connectivity index (χ1n) is 6.82. The van der Waals surface area contributed by atoms with Crippen LogP contribution in [0, 0.1) is 18.6 Å². The third-order valence-corrected chi connectivity index (χ3v) is 3.68. The molecule has 112 valence electrons. The summed E-state index contributed by atoms with van der Waals surface area (Å²) in [4.78, 5) is 0. The van der Waals surface area contributed by atoms with Gasteiger partial charge in [-0.25, -0.2) is 8.78 Å². The van der Waals surface area contributed by atoms with Gasteiger partial charge in [0, 0.05) is 12.1 Å². The van der Waals surface area contributed by atoms with Crippen molar-refractivity contribution in [2.75, 3.05) is 6.61 Å². The van der Waals surface area contributed by atoms with Gasteiger partial charge in [0.05, 0.1) is 12.1 Å². The van der Waals surface area contributed by atoms with E-state index in [1.54, 1.807) is 6.92 Å². The first kappa shape index (κ1) is 15.6. The first-order chi connectivity index (χ1) is 9.96. The highest BCUT2D eigenvalue weighted by Gasteiger charge is 2.29. The van der Waals surface area contributed by atoms with Crippen LogP contribution in [0.15, 0.2) is 42.5 Å². The average Bonchev–Trinajstić information content (AvgIpc) is 2.49. The van der Waals surface area contributed by atoms with E-state index in [0.717, 1.165) is 17.7 Å². The molecule has 0 saturated carbocycles. The molecule has 2 aromatic rings. The quantitative estimate of drug-likeness (QED) is 0.886. The van der Waals surface area contributed by atoms with Crippen molar-refractivity contribution >= 4 is 0 Å². The van der Waals surface area contributed by atoms with E-state index < -0.39 is 17.2 Å². The SMILES string of the molecule is Cc1cc(F)c(C(C)(CO)NCc2ccccc2)cc1F. The molecule has 2 aromatic carbocycles. The van der Waals surface area contributed by atoms with E-state index in [2.05, 4.69) is 5.32 Å². The molecule has 1 unspecified atom stereocenters. The lowest BCUT2D eigenvalue weighted by molar-refractivity contribution is 0.169. The molecule has 2 rings (SSSR count). The number of rotatable bonds is 5. The second kappa shape index (κ2) is 6.33. The van der Waals surface area contributed by atoms with Gasteiger partial charge < -0.3 is 10.4 Å². The normalized spacial score (nSPS) is 14.0. The molecule has 0 amide bonds. The van der Waals surface area contributed by atoms with E-state index in [-0.39, 0.29) is 17.7 Å². The van der Waals surface area contributed by atoms with Gasteiger partial charge in [0.2, 0.25) is 0 Å². The highest BCUT2D eigenvalue weighted by atomic mass is 19.1. The Morgan fingerprint density at radius 3 is 2.38 bits per heavy atom. The fourth-order valence-corrected chi connectivity index (χ4v) is 2.20. The molecule has 0 heterocycles. The van der Waals surface area contributed by atoms with E-state index >= 15 is 0 Å². The Morgan fingerprint density at radius 1 is 1.10 bits per heavy atom. The predicted octanol–water partition coefficient (Wildman–Crippen LogP) is 3.27. The lowest BCUT2D eigenvalue weighted by Crippen LogP contribution is -2.43. The van der Waals surface area contributed by atoms with Crippen LogP contribution in [0.3, 0.4) is 0 Å². The molecule has 1 atom stereocenters. The lowest BCUT2D eigenvalue weighted by atomic mass is 9.91. The van der Waals surface area contributed by atoms with Gasteiger partial charge in [-0.05, 0) is 37.1 Å². The van der Waals surface area contributed by atoms with Crippen LogP contribution in [-0.4, -0.2) is 11.7 Å². The average molecular weight is 291 g/mol. The molecule has 0 aliphatic heterocycles. The second-order valence-corrected chi connectivity index (χ2v) is 5.41. The summed E-state index contributed by atoms with van der Waals surface area (Å²) in [5, 5.41) is 12.8. The Labute approximate surface area is 123 Å². The summed E-state index contributed by atoms with van der Waals surface area (Å²) in [6, 6.07) is 11.9. The fourth-order valence-electron chi connectivity index (χ4n) is 2.20. The lowest BCUT2D eigenvalue weighted by Gasteiger charge is -2.30. The summed E-state index contributed by atoms with van der Waals surface area (Å²) < 4.78 is 27.8. The van der Waals surface area contributed by atoms with Crippen molar-refractivity contribution < 1.29 is 13.9 Å². The zero-order chi connectivity index (χ0) is 15.5. The van der Waals surface area contributed by atoms with Crippen LogP contribution in [0.1, 0.15) is 23.6 Å². The Morgan fingerprint density at radius 2 is 1.76 bits per heavy atom. The molecule has 2 nitrogen and oxygen atoms in total. The van der Waals surface area contributed by atoms with E-state index in [4.69, 9.17) is 0 Å². The van der Waals surface area contributed by atoms with Crippen LogP contribution >= 0.6 is 0 Å². The highest BCUT2D eigenvalue weighted by molar-refractivity contribution is 5.31. The molecular formula is C17H19F2NO. The third kappa shape index (κ3) is 3.46. The maximum absolute atomic E-state index is 14.1. The Kier molecular flexibility index (Phi) is 4.70. The summed E-state index contributed by atoms with van der Waals surface area (Å²) >= 11 is 0. The van der Waals surface area contributed by atoms with Crippen LogP contribution in [0.5, 0.6) is 0 Å². The van der Waals surface area contributed by atoms with Crippen molar-refractivity contribution in [1.29, 1.82) is 0 Å². The smallest absolute Gasteiger partial charge is 0.128 e. The minimum atomic E-state index is -1.05. The van der Waals surface area contributed by atoms with Crippen molar-refractivity contribution in [3.05, 3.63) is 70.8 Å². The van der Waals surface area contributed by atoms with Crippen molar-refractivity contribution in [3.63, 3.8) is 0 Å². The largest absolute Gasteiger partial charge is 0.394 e. The van der Waals surface area contributed by atoms with Gasteiger partial charge in [0.25, 0.3) is 0 Å². The van der Waals surface area contributed by atoms with Gasteiger partial charge in [-0.3, -0.25) is 0 Å². The minimum Gasteiger partial charge on any atom is -0.394 e. The van der Waals surface area contributed by atoms with Gasteiger partial charge in [0.1, 0.15) is 11.6 Å². The van der Waals surface area contributed by atoms with Crippen LogP contribution in [-0.2, 0) is 12.1 Å². The van der Waals surface area contributed by atoms with E-state index in [0.29, 0.717) is 6.54 Å². The number of hydrogen-bond donors (Lipinski definition) is 2. The van der Waals surface area contributed by atoms with E-state index in [1.165, 1.54) is 6.92 Å². The topological polar surface area (TPSA) is 32.3 Å². The number of aliphatic hydroxyl groups is 1. The summed E-state index contributed by atoms with van der Waals surface area (Å²) in [6.07, 6.45) is 0. The van der Waals surface area contributed by atoms with Crippen molar-refractivity contribution in [2.24, 2.45) is 0 Å². The van der Waals surface area contributed by atoms with Crippen LogP contribution in [0.2, 0.25) is 0 Å². The number of halogens is 2. The molecule has 0 aromatic heterocycles. The molecule has 0 bridgehead atoms. The molecule has 21 heavy (non-hydrogen) atoms. The molecule has 0 saturated heterocycles. The molecular weight excluding hydrogens is 272 g/mol.